The Balaban J connectivity index is 3.19. The molecule has 0 amide bonds. The number of aromatic nitrogens is 1. The molecular weight excluding hydrogens is 255 g/mol. The van der Waals surface area contributed by atoms with Gasteiger partial charge in [0.1, 0.15) is 6.07 Å². The van der Waals surface area contributed by atoms with Gasteiger partial charge in [-0.05, 0) is 0 Å². The maximum atomic E-state index is 12.0. The van der Waals surface area contributed by atoms with Gasteiger partial charge >= 0.3 is 12.3 Å². The number of carboxylic acids is 1. The van der Waals surface area contributed by atoms with Crippen molar-refractivity contribution in [3.63, 3.8) is 0 Å². The maximum absolute atomic E-state index is 12.0. The van der Waals surface area contributed by atoms with Crippen LogP contribution >= 0.6 is 0 Å². The molecule has 9 heteroatoms. The van der Waals surface area contributed by atoms with Crippen molar-refractivity contribution in [1.29, 1.82) is 5.26 Å². The molecule has 3 N–H and O–H groups in total. The second-order valence-corrected chi connectivity index (χ2v) is 3.10. The van der Waals surface area contributed by atoms with Crippen molar-refractivity contribution >= 4 is 11.8 Å². The average Bonchev–Trinajstić information content (AvgIpc) is 2.19. The highest BCUT2D eigenvalue weighted by Gasteiger charge is 2.32. The standard InChI is InChI=1S/C9H6F3N3O3/c10-9(11,12)18-6-1-4(3-13)5(2-7(16)17)15-8(6)14/h1H,2H2,(H2,14,15)(H,16,17). The number of aliphatic carboxylic acids is 1. The van der Waals surface area contributed by atoms with E-state index in [4.69, 9.17) is 16.1 Å². The van der Waals surface area contributed by atoms with Gasteiger partial charge in [0.2, 0.25) is 0 Å². The third kappa shape index (κ3) is 3.51. The lowest BCUT2D eigenvalue weighted by Crippen LogP contribution is -2.19. The molecule has 0 atom stereocenters. The fraction of sp³-hybridized carbons (Fsp3) is 0.222. The summed E-state index contributed by atoms with van der Waals surface area (Å²) in [5.74, 6) is -2.77. The number of carbonyl (C=O) groups is 1. The quantitative estimate of drug-likeness (QED) is 0.841. The van der Waals surface area contributed by atoms with Gasteiger partial charge in [0.05, 0.1) is 17.7 Å². The first-order chi connectivity index (χ1) is 8.23. The first kappa shape index (κ1) is 13.6. The van der Waals surface area contributed by atoms with Crippen LogP contribution < -0.4 is 10.5 Å². The number of ether oxygens (including phenoxy) is 1. The molecule has 0 radical (unpaired) electrons. The van der Waals surface area contributed by atoms with Gasteiger partial charge in [-0.15, -0.1) is 13.2 Å². The molecule has 1 heterocycles. The molecule has 1 aromatic rings. The molecule has 0 bridgehead atoms. The van der Waals surface area contributed by atoms with Crippen molar-refractivity contribution in [2.75, 3.05) is 5.73 Å². The van der Waals surface area contributed by atoms with E-state index < -0.39 is 30.3 Å². The molecule has 0 fully saturated rings. The van der Waals surface area contributed by atoms with Gasteiger partial charge in [-0.3, -0.25) is 4.79 Å². The predicted octanol–water partition coefficient (Wildman–Crippen LogP) is 1.06. The highest BCUT2D eigenvalue weighted by atomic mass is 19.4. The van der Waals surface area contributed by atoms with Gasteiger partial charge in [0, 0.05) is 6.07 Å². The summed E-state index contributed by atoms with van der Waals surface area (Å²) in [7, 11) is 0. The van der Waals surface area contributed by atoms with Crippen LogP contribution in [0.15, 0.2) is 6.07 Å². The zero-order chi connectivity index (χ0) is 13.9. The minimum absolute atomic E-state index is 0.225. The summed E-state index contributed by atoms with van der Waals surface area (Å²) in [6, 6.07) is 2.23. The minimum atomic E-state index is -4.98. The van der Waals surface area contributed by atoms with Crippen LogP contribution in [0.2, 0.25) is 0 Å². The van der Waals surface area contributed by atoms with Gasteiger partial charge in [-0.25, -0.2) is 4.98 Å². The van der Waals surface area contributed by atoms with Gasteiger partial charge in [-0.1, -0.05) is 0 Å². The molecule has 0 aliphatic heterocycles. The van der Waals surface area contributed by atoms with Crippen LogP contribution in [0.1, 0.15) is 11.3 Å². The Morgan fingerprint density at radius 3 is 2.67 bits per heavy atom. The molecule has 0 saturated heterocycles. The van der Waals surface area contributed by atoms with Gasteiger partial charge in [-0.2, -0.15) is 5.26 Å². The SMILES string of the molecule is N#Cc1cc(OC(F)(F)F)c(N)nc1CC(=O)O. The predicted molar refractivity (Wildman–Crippen MR) is 51.4 cm³/mol. The van der Waals surface area contributed by atoms with E-state index in [-0.39, 0.29) is 11.3 Å². The second-order valence-electron chi connectivity index (χ2n) is 3.10. The van der Waals surface area contributed by atoms with Crippen molar-refractivity contribution in [3.05, 3.63) is 17.3 Å². The molecule has 0 spiro atoms. The lowest BCUT2D eigenvalue weighted by Gasteiger charge is -2.12. The summed E-state index contributed by atoms with van der Waals surface area (Å²) >= 11 is 0. The zero-order valence-corrected chi connectivity index (χ0v) is 8.65. The monoisotopic (exact) mass is 261 g/mol. The Morgan fingerprint density at radius 1 is 1.61 bits per heavy atom. The largest absolute Gasteiger partial charge is 0.573 e. The van der Waals surface area contributed by atoms with Crippen molar-refractivity contribution < 1.29 is 27.8 Å². The zero-order valence-electron chi connectivity index (χ0n) is 8.65. The van der Waals surface area contributed by atoms with Crippen molar-refractivity contribution in [2.45, 2.75) is 12.8 Å². The molecule has 6 nitrogen and oxygen atoms in total. The summed E-state index contributed by atoms with van der Waals surface area (Å²) < 4.78 is 39.5. The summed E-state index contributed by atoms with van der Waals surface area (Å²) in [6.45, 7) is 0. The first-order valence-electron chi connectivity index (χ1n) is 4.40. The number of anilines is 1. The number of nitriles is 1. The van der Waals surface area contributed by atoms with E-state index in [0.717, 1.165) is 0 Å². The van der Waals surface area contributed by atoms with Crippen LogP contribution in [0, 0.1) is 11.3 Å². The number of rotatable bonds is 3. The maximum Gasteiger partial charge on any atom is 0.573 e. The minimum Gasteiger partial charge on any atom is -0.481 e. The van der Waals surface area contributed by atoms with E-state index >= 15 is 0 Å². The Bertz CT molecular complexity index is 522. The Hall–Kier alpha value is -2.50. The lowest BCUT2D eigenvalue weighted by atomic mass is 10.1. The molecule has 18 heavy (non-hydrogen) atoms. The molecule has 1 aromatic heterocycles. The third-order valence-corrected chi connectivity index (χ3v) is 1.76. The summed E-state index contributed by atoms with van der Waals surface area (Å²) in [5, 5.41) is 17.2. The number of nitrogens with zero attached hydrogens (tertiary/aromatic N) is 2. The summed E-state index contributed by atoms with van der Waals surface area (Å²) in [5.41, 5.74) is 4.62. The first-order valence-corrected chi connectivity index (χ1v) is 4.40. The molecule has 1 rings (SSSR count). The van der Waals surface area contributed by atoms with Crippen LogP contribution in [-0.2, 0) is 11.2 Å². The number of nitrogen functional groups attached to an aromatic ring is 1. The van der Waals surface area contributed by atoms with Crippen molar-refractivity contribution in [2.24, 2.45) is 0 Å². The van der Waals surface area contributed by atoms with Gasteiger partial charge in [0.15, 0.2) is 11.6 Å². The van der Waals surface area contributed by atoms with Gasteiger partial charge in [0.25, 0.3) is 0 Å². The molecule has 0 aliphatic carbocycles. The number of alkyl halides is 3. The molecule has 0 unspecified atom stereocenters. The number of hydrogen-bond acceptors (Lipinski definition) is 5. The highest BCUT2D eigenvalue weighted by molar-refractivity contribution is 5.71. The molecule has 0 aliphatic rings. The molecular formula is C9H6F3N3O3. The number of halogens is 3. The average molecular weight is 261 g/mol. The number of hydrogen-bond donors (Lipinski definition) is 2. The molecule has 0 aromatic carbocycles. The third-order valence-electron chi connectivity index (χ3n) is 1.76. The van der Waals surface area contributed by atoms with Crippen LogP contribution in [0.4, 0.5) is 19.0 Å². The lowest BCUT2D eigenvalue weighted by molar-refractivity contribution is -0.274. The second kappa shape index (κ2) is 4.79. The van der Waals surface area contributed by atoms with Crippen molar-refractivity contribution in [3.8, 4) is 11.8 Å². The van der Waals surface area contributed by atoms with E-state index in [2.05, 4.69) is 9.72 Å². The van der Waals surface area contributed by atoms with E-state index in [9.17, 15) is 18.0 Å². The van der Waals surface area contributed by atoms with E-state index in [0.29, 0.717) is 6.07 Å². The smallest absolute Gasteiger partial charge is 0.481 e. The van der Waals surface area contributed by atoms with E-state index in [1.807, 2.05) is 0 Å². The Labute approximate surface area is 98.4 Å². The number of nitrogens with two attached hydrogens (primary N) is 1. The Morgan fingerprint density at radius 2 is 2.22 bits per heavy atom. The highest BCUT2D eigenvalue weighted by Crippen LogP contribution is 2.28. The summed E-state index contributed by atoms with van der Waals surface area (Å²) in [6.07, 6.45) is -5.60. The van der Waals surface area contributed by atoms with Crippen molar-refractivity contribution in [1.82, 2.24) is 4.98 Å². The summed E-state index contributed by atoms with van der Waals surface area (Å²) in [4.78, 5) is 13.9. The van der Waals surface area contributed by atoms with Crippen LogP contribution in [0.3, 0.4) is 0 Å². The fourth-order valence-corrected chi connectivity index (χ4v) is 1.13. The fourth-order valence-electron chi connectivity index (χ4n) is 1.13. The van der Waals surface area contributed by atoms with Crippen LogP contribution in [-0.4, -0.2) is 22.4 Å². The normalized spacial score (nSPS) is 10.8. The molecule has 96 valence electrons. The van der Waals surface area contributed by atoms with Crippen LogP contribution in [0.5, 0.6) is 5.75 Å². The van der Waals surface area contributed by atoms with E-state index in [1.54, 1.807) is 0 Å². The van der Waals surface area contributed by atoms with E-state index in [1.165, 1.54) is 6.07 Å². The topological polar surface area (TPSA) is 109 Å². The number of carboxylic acid groups (broad SMARTS) is 1. The molecule has 0 saturated carbocycles. The van der Waals surface area contributed by atoms with Gasteiger partial charge < -0.3 is 15.6 Å². The number of pyridine rings is 1. The van der Waals surface area contributed by atoms with Crippen LogP contribution in [0.25, 0.3) is 0 Å². The Kier molecular flexibility index (Phi) is 3.61.